The quantitative estimate of drug-likeness (QED) is 0.818. The summed E-state index contributed by atoms with van der Waals surface area (Å²) in [7, 11) is 0. The molecule has 1 unspecified atom stereocenters. The van der Waals surface area contributed by atoms with Gasteiger partial charge in [-0.2, -0.15) is 0 Å². The maximum atomic E-state index is 13.5. The van der Waals surface area contributed by atoms with Crippen molar-refractivity contribution in [1.29, 1.82) is 0 Å². The average Bonchev–Trinajstić information content (AvgIpc) is 2.36. The Hall–Kier alpha value is -0.940. The number of hydrogen-bond donors (Lipinski definition) is 1. The van der Waals surface area contributed by atoms with Crippen LogP contribution in [-0.2, 0) is 9.53 Å². The minimum atomic E-state index is -1.00. The predicted octanol–water partition coefficient (Wildman–Crippen LogP) is 3.36. The van der Waals surface area contributed by atoms with Crippen molar-refractivity contribution in [2.45, 2.75) is 32.3 Å². The number of benzene rings is 1. The van der Waals surface area contributed by atoms with Crippen molar-refractivity contribution >= 4 is 21.9 Å². The van der Waals surface area contributed by atoms with Gasteiger partial charge in [0.1, 0.15) is 5.82 Å². The van der Waals surface area contributed by atoms with E-state index in [0.29, 0.717) is 11.1 Å². The molecule has 0 aliphatic rings. The van der Waals surface area contributed by atoms with Gasteiger partial charge < -0.3 is 9.84 Å². The Bertz CT molecular complexity index is 409. The van der Waals surface area contributed by atoms with Crippen LogP contribution in [0.15, 0.2) is 22.7 Å². The molecule has 0 aromatic heterocycles. The number of rotatable bonds is 6. The van der Waals surface area contributed by atoms with Gasteiger partial charge in [-0.1, -0.05) is 22.9 Å². The van der Waals surface area contributed by atoms with E-state index in [1.807, 2.05) is 6.92 Å². The largest absolute Gasteiger partial charge is 0.466 e. The summed E-state index contributed by atoms with van der Waals surface area (Å²) in [6.45, 7) is 2.28. The third-order valence-electron chi connectivity index (χ3n) is 2.41. The molecule has 1 aromatic carbocycles. The summed E-state index contributed by atoms with van der Waals surface area (Å²) in [5.74, 6) is -0.848. The predicted molar refractivity (Wildman–Crippen MR) is 69.5 cm³/mol. The Morgan fingerprint density at radius 2 is 2.28 bits per heavy atom. The number of esters is 1. The van der Waals surface area contributed by atoms with Crippen LogP contribution >= 0.6 is 15.9 Å². The molecule has 0 saturated carbocycles. The van der Waals surface area contributed by atoms with E-state index in [9.17, 15) is 14.3 Å². The minimum Gasteiger partial charge on any atom is -0.466 e. The van der Waals surface area contributed by atoms with Crippen molar-refractivity contribution in [3.63, 3.8) is 0 Å². The summed E-state index contributed by atoms with van der Waals surface area (Å²) in [5.41, 5.74) is 0.188. The van der Waals surface area contributed by atoms with Gasteiger partial charge >= 0.3 is 5.97 Å². The lowest BCUT2D eigenvalue weighted by molar-refractivity contribution is -0.144. The molecule has 1 atom stereocenters. The van der Waals surface area contributed by atoms with Gasteiger partial charge in [-0.05, 0) is 31.0 Å². The van der Waals surface area contributed by atoms with Crippen molar-refractivity contribution in [3.05, 3.63) is 34.1 Å². The Balaban J connectivity index is 2.52. The van der Waals surface area contributed by atoms with Crippen molar-refractivity contribution in [2.24, 2.45) is 0 Å². The maximum Gasteiger partial charge on any atom is 0.305 e. The first kappa shape index (κ1) is 15.1. The monoisotopic (exact) mass is 318 g/mol. The zero-order chi connectivity index (χ0) is 13.5. The van der Waals surface area contributed by atoms with Gasteiger partial charge in [0.2, 0.25) is 0 Å². The Kier molecular flexibility index (Phi) is 6.29. The highest BCUT2D eigenvalue weighted by Gasteiger charge is 2.15. The van der Waals surface area contributed by atoms with Crippen LogP contribution in [0.1, 0.15) is 37.9 Å². The molecule has 0 heterocycles. The van der Waals surface area contributed by atoms with E-state index in [1.165, 1.54) is 12.1 Å². The second-order valence-electron chi connectivity index (χ2n) is 3.94. The number of ether oxygens (including phenoxy) is 1. The smallest absolute Gasteiger partial charge is 0.305 e. The van der Waals surface area contributed by atoms with Crippen LogP contribution in [0.4, 0.5) is 4.39 Å². The van der Waals surface area contributed by atoms with E-state index in [1.54, 1.807) is 6.07 Å². The molecular formula is C13H16BrFO3. The van der Waals surface area contributed by atoms with E-state index < -0.39 is 11.9 Å². The topological polar surface area (TPSA) is 46.5 Å². The van der Waals surface area contributed by atoms with E-state index in [2.05, 4.69) is 15.9 Å². The molecule has 1 aromatic rings. The van der Waals surface area contributed by atoms with Gasteiger partial charge in [0, 0.05) is 16.5 Å². The molecule has 100 valence electrons. The van der Waals surface area contributed by atoms with Gasteiger partial charge in [-0.25, -0.2) is 4.39 Å². The molecule has 3 nitrogen and oxygen atoms in total. The summed E-state index contributed by atoms with van der Waals surface area (Å²) in [6.07, 6.45) is -0.0194. The Labute approximate surface area is 114 Å². The molecule has 0 amide bonds. The average molecular weight is 319 g/mol. The lowest BCUT2D eigenvalue weighted by Gasteiger charge is -2.12. The van der Waals surface area contributed by atoms with Crippen molar-refractivity contribution in [3.8, 4) is 0 Å². The number of hydrogen-bond acceptors (Lipinski definition) is 3. The van der Waals surface area contributed by atoms with Crippen molar-refractivity contribution < 1.29 is 19.0 Å². The molecule has 0 bridgehead atoms. The number of carbonyl (C=O) groups excluding carboxylic acids is 1. The first-order valence-corrected chi connectivity index (χ1v) is 6.62. The standard InChI is InChI=1S/C13H16BrFO3/c1-2-7-18-13(17)6-5-12(16)10-8-9(14)3-4-11(10)15/h3-4,8,12,16H,2,5-7H2,1H3. The zero-order valence-corrected chi connectivity index (χ0v) is 11.7. The van der Waals surface area contributed by atoms with Crippen LogP contribution in [-0.4, -0.2) is 17.7 Å². The van der Waals surface area contributed by atoms with Crippen LogP contribution in [0, 0.1) is 5.82 Å². The van der Waals surface area contributed by atoms with Gasteiger partial charge in [0.05, 0.1) is 12.7 Å². The fourth-order valence-corrected chi connectivity index (χ4v) is 1.85. The fraction of sp³-hybridized carbons (Fsp3) is 0.462. The zero-order valence-electron chi connectivity index (χ0n) is 10.2. The SMILES string of the molecule is CCCOC(=O)CCC(O)c1cc(Br)ccc1F. The molecule has 0 fully saturated rings. The molecule has 0 aliphatic carbocycles. The minimum absolute atomic E-state index is 0.0765. The third kappa shape index (κ3) is 4.74. The lowest BCUT2D eigenvalue weighted by atomic mass is 10.0. The van der Waals surface area contributed by atoms with E-state index >= 15 is 0 Å². The second kappa shape index (κ2) is 7.48. The Morgan fingerprint density at radius 1 is 1.56 bits per heavy atom. The molecule has 0 radical (unpaired) electrons. The molecule has 1 N–H and O–H groups in total. The molecule has 5 heteroatoms. The van der Waals surface area contributed by atoms with Crippen molar-refractivity contribution in [2.75, 3.05) is 6.61 Å². The van der Waals surface area contributed by atoms with Crippen LogP contribution < -0.4 is 0 Å². The van der Waals surface area contributed by atoms with Crippen LogP contribution in [0.2, 0.25) is 0 Å². The Morgan fingerprint density at radius 3 is 2.94 bits per heavy atom. The first-order valence-electron chi connectivity index (χ1n) is 5.83. The molecule has 0 spiro atoms. The van der Waals surface area contributed by atoms with Crippen LogP contribution in [0.3, 0.4) is 0 Å². The summed E-state index contributed by atoms with van der Waals surface area (Å²) in [5, 5.41) is 9.83. The maximum absolute atomic E-state index is 13.5. The van der Waals surface area contributed by atoms with Crippen molar-refractivity contribution in [1.82, 2.24) is 0 Å². The molecule has 0 saturated heterocycles. The number of aliphatic hydroxyl groups excluding tert-OH is 1. The highest BCUT2D eigenvalue weighted by molar-refractivity contribution is 9.10. The molecule has 18 heavy (non-hydrogen) atoms. The van der Waals surface area contributed by atoms with Gasteiger partial charge in [0.15, 0.2) is 0 Å². The van der Waals surface area contributed by atoms with E-state index in [0.717, 1.165) is 6.42 Å². The number of aliphatic hydroxyl groups is 1. The third-order valence-corrected chi connectivity index (χ3v) is 2.90. The fourth-order valence-electron chi connectivity index (χ4n) is 1.47. The summed E-state index contributed by atoms with van der Waals surface area (Å²) < 4.78 is 19.0. The molecular weight excluding hydrogens is 303 g/mol. The summed E-state index contributed by atoms with van der Waals surface area (Å²) in [6, 6.07) is 4.34. The van der Waals surface area contributed by atoms with Crippen LogP contribution in [0.25, 0.3) is 0 Å². The lowest BCUT2D eigenvalue weighted by Crippen LogP contribution is -2.08. The van der Waals surface area contributed by atoms with Crippen LogP contribution in [0.5, 0.6) is 0 Å². The normalized spacial score (nSPS) is 12.2. The highest BCUT2D eigenvalue weighted by atomic mass is 79.9. The van der Waals surface area contributed by atoms with E-state index in [4.69, 9.17) is 4.74 Å². The number of halogens is 2. The molecule has 0 aliphatic heterocycles. The summed E-state index contributed by atoms with van der Waals surface area (Å²) >= 11 is 3.21. The van der Waals surface area contributed by atoms with Gasteiger partial charge in [0.25, 0.3) is 0 Å². The second-order valence-corrected chi connectivity index (χ2v) is 4.86. The molecule has 1 rings (SSSR count). The number of carbonyl (C=O) groups is 1. The van der Waals surface area contributed by atoms with Gasteiger partial charge in [-0.3, -0.25) is 4.79 Å². The first-order chi connectivity index (χ1) is 8.54. The summed E-state index contributed by atoms with van der Waals surface area (Å²) in [4.78, 5) is 11.3. The van der Waals surface area contributed by atoms with Gasteiger partial charge in [-0.15, -0.1) is 0 Å². The highest BCUT2D eigenvalue weighted by Crippen LogP contribution is 2.24. The van der Waals surface area contributed by atoms with E-state index in [-0.39, 0.29) is 24.4 Å².